The summed E-state index contributed by atoms with van der Waals surface area (Å²) in [6.07, 6.45) is 6.55. The molecule has 0 aromatic carbocycles. The first kappa shape index (κ1) is 14.5. The average molecular weight is 292 g/mol. The predicted octanol–water partition coefficient (Wildman–Crippen LogP) is 4.60. The molecule has 0 radical (unpaired) electrons. The van der Waals surface area contributed by atoms with E-state index in [9.17, 15) is 0 Å². The van der Waals surface area contributed by atoms with Crippen molar-refractivity contribution >= 4 is 11.3 Å². The Morgan fingerprint density at radius 3 is 2.40 bits per heavy atom. The third-order valence-corrected chi connectivity index (χ3v) is 6.18. The minimum atomic E-state index is 0.113. The minimum absolute atomic E-state index is 0.113. The standard InChI is InChI=1S/C17H28N2S/c1-15(2,3)13-11-20-14(18-13)17(19-12-7-8-12)10-6-9-16(17,4)5/h11-12,19H,6-10H2,1-5H3. The van der Waals surface area contributed by atoms with Crippen molar-refractivity contribution in [1.29, 1.82) is 0 Å². The summed E-state index contributed by atoms with van der Waals surface area (Å²) in [7, 11) is 0. The molecule has 3 heteroatoms. The second kappa shape index (κ2) is 4.54. The highest BCUT2D eigenvalue weighted by atomic mass is 32.1. The molecule has 2 fully saturated rings. The van der Waals surface area contributed by atoms with E-state index in [-0.39, 0.29) is 11.0 Å². The molecule has 2 aliphatic carbocycles. The van der Waals surface area contributed by atoms with Crippen LogP contribution in [-0.4, -0.2) is 11.0 Å². The number of hydrogen-bond acceptors (Lipinski definition) is 3. The molecule has 112 valence electrons. The van der Waals surface area contributed by atoms with Crippen LogP contribution in [0.25, 0.3) is 0 Å². The minimum Gasteiger partial charge on any atom is -0.302 e. The van der Waals surface area contributed by atoms with E-state index in [0.29, 0.717) is 5.41 Å². The van der Waals surface area contributed by atoms with E-state index in [1.807, 2.05) is 11.3 Å². The maximum Gasteiger partial charge on any atom is 0.114 e. The summed E-state index contributed by atoms with van der Waals surface area (Å²) in [6, 6.07) is 0.731. The number of rotatable bonds is 3. The fourth-order valence-electron chi connectivity index (χ4n) is 3.46. The van der Waals surface area contributed by atoms with Gasteiger partial charge in [-0.15, -0.1) is 11.3 Å². The molecule has 20 heavy (non-hydrogen) atoms. The van der Waals surface area contributed by atoms with Crippen LogP contribution in [0.4, 0.5) is 0 Å². The first-order valence-corrected chi connectivity index (χ1v) is 8.87. The van der Waals surface area contributed by atoms with Crippen LogP contribution < -0.4 is 5.32 Å². The van der Waals surface area contributed by atoms with Gasteiger partial charge in [-0.1, -0.05) is 41.0 Å². The van der Waals surface area contributed by atoms with Crippen LogP contribution in [0.3, 0.4) is 0 Å². The third kappa shape index (κ3) is 2.33. The molecule has 3 rings (SSSR count). The van der Waals surface area contributed by atoms with E-state index >= 15 is 0 Å². The van der Waals surface area contributed by atoms with E-state index in [1.165, 1.54) is 42.8 Å². The fraction of sp³-hybridized carbons (Fsp3) is 0.824. The van der Waals surface area contributed by atoms with Crippen molar-refractivity contribution in [1.82, 2.24) is 10.3 Å². The summed E-state index contributed by atoms with van der Waals surface area (Å²) in [5.41, 5.74) is 1.82. The average Bonchev–Trinajstić information content (AvgIpc) is 2.87. The molecule has 0 spiro atoms. The van der Waals surface area contributed by atoms with Crippen molar-refractivity contribution in [3.63, 3.8) is 0 Å². The Kier molecular flexibility index (Phi) is 3.30. The smallest absolute Gasteiger partial charge is 0.114 e. The summed E-state index contributed by atoms with van der Waals surface area (Å²) in [6.45, 7) is 11.6. The first-order valence-electron chi connectivity index (χ1n) is 7.99. The van der Waals surface area contributed by atoms with Crippen LogP contribution in [0.2, 0.25) is 0 Å². The Morgan fingerprint density at radius 2 is 1.95 bits per heavy atom. The number of hydrogen-bond donors (Lipinski definition) is 1. The molecule has 1 N–H and O–H groups in total. The largest absolute Gasteiger partial charge is 0.302 e. The van der Waals surface area contributed by atoms with Crippen molar-refractivity contribution in [3.05, 3.63) is 16.1 Å². The van der Waals surface area contributed by atoms with Crippen LogP contribution >= 0.6 is 11.3 Å². The third-order valence-electron chi connectivity index (χ3n) is 5.17. The lowest BCUT2D eigenvalue weighted by Gasteiger charge is -2.41. The quantitative estimate of drug-likeness (QED) is 0.881. The number of nitrogens with one attached hydrogen (secondary N) is 1. The molecule has 1 unspecified atom stereocenters. The van der Waals surface area contributed by atoms with E-state index in [1.54, 1.807) is 0 Å². The highest BCUT2D eigenvalue weighted by Gasteiger charge is 2.53. The maximum atomic E-state index is 5.07. The van der Waals surface area contributed by atoms with Gasteiger partial charge in [0.2, 0.25) is 0 Å². The van der Waals surface area contributed by atoms with E-state index in [0.717, 1.165) is 6.04 Å². The van der Waals surface area contributed by atoms with Crippen molar-refractivity contribution < 1.29 is 0 Å². The van der Waals surface area contributed by atoms with Gasteiger partial charge in [-0.3, -0.25) is 0 Å². The normalized spacial score (nSPS) is 29.9. The second-order valence-electron chi connectivity index (χ2n) is 8.35. The lowest BCUT2D eigenvalue weighted by atomic mass is 9.75. The van der Waals surface area contributed by atoms with Crippen LogP contribution in [0.1, 0.15) is 77.4 Å². The lowest BCUT2D eigenvalue weighted by Crippen LogP contribution is -2.51. The summed E-state index contributed by atoms with van der Waals surface area (Å²) in [5.74, 6) is 0. The van der Waals surface area contributed by atoms with Crippen LogP contribution in [0, 0.1) is 5.41 Å². The Bertz CT molecular complexity index is 493. The number of nitrogens with zero attached hydrogens (tertiary/aromatic N) is 1. The Labute approximate surface area is 127 Å². The lowest BCUT2D eigenvalue weighted by molar-refractivity contribution is 0.152. The zero-order valence-corrected chi connectivity index (χ0v) is 14.4. The molecule has 2 aliphatic rings. The van der Waals surface area contributed by atoms with Crippen molar-refractivity contribution in [2.75, 3.05) is 0 Å². The molecule has 2 saturated carbocycles. The first-order chi connectivity index (χ1) is 9.25. The SMILES string of the molecule is CC(C)(C)c1csc(C2(NC3CC3)CCCC2(C)C)n1. The summed E-state index contributed by atoms with van der Waals surface area (Å²) in [5, 5.41) is 7.59. The van der Waals surface area contributed by atoms with Gasteiger partial charge < -0.3 is 5.32 Å². The molecule has 1 atom stereocenters. The van der Waals surface area contributed by atoms with Gasteiger partial charge in [0.1, 0.15) is 5.01 Å². The molecular weight excluding hydrogens is 264 g/mol. The molecule has 0 amide bonds. The zero-order valence-electron chi connectivity index (χ0n) is 13.5. The summed E-state index contributed by atoms with van der Waals surface area (Å²) < 4.78 is 0. The molecule has 2 nitrogen and oxygen atoms in total. The second-order valence-corrected chi connectivity index (χ2v) is 9.21. The van der Waals surface area contributed by atoms with Crippen molar-refractivity contribution in [2.45, 2.75) is 83.7 Å². The summed E-state index contributed by atoms with van der Waals surface area (Å²) in [4.78, 5) is 5.07. The van der Waals surface area contributed by atoms with Gasteiger partial charge in [-0.25, -0.2) is 4.98 Å². The van der Waals surface area contributed by atoms with E-state index in [4.69, 9.17) is 4.98 Å². The van der Waals surface area contributed by atoms with Gasteiger partial charge in [-0.05, 0) is 31.1 Å². The topological polar surface area (TPSA) is 24.9 Å². The molecular formula is C17H28N2S. The van der Waals surface area contributed by atoms with Crippen molar-refractivity contribution in [2.24, 2.45) is 5.41 Å². The zero-order chi connectivity index (χ0) is 14.6. The Balaban J connectivity index is 1.99. The predicted molar refractivity (Wildman–Crippen MR) is 86.3 cm³/mol. The number of thiazole rings is 1. The summed E-state index contributed by atoms with van der Waals surface area (Å²) >= 11 is 1.87. The Hall–Kier alpha value is -0.410. The maximum absolute atomic E-state index is 5.07. The monoisotopic (exact) mass is 292 g/mol. The van der Waals surface area contributed by atoms with Crippen LogP contribution in [0.5, 0.6) is 0 Å². The van der Waals surface area contributed by atoms with Gasteiger partial charge in [-0.2, -0.15) is 0 Å². The Morgan fingerprint density at radius 1 is 1.25 bits per heavy atom. The molecule has 1 heterocycles. The van der Waals surface area contributed by atoms with E-state index < -0.39 is 0 Å². The van der Waals surface area contributed by atoms with Gasteiger partial charge in [0.15, 0.2) is 0 Å². The molecule has 0 aliphatic heterocycles. The highest BCUT2D eigenvalue weighted by Crippen LogP contribution is 2.54. The van der Waals surface area contributed by atoms with Gasteiger partial charge >= 0.3 is 0 Å². The molecule has 0 bridgehead atoms. The van der Waals surface area contributed by atoms with Crippen LogP contribution in [-0.2, 0) is 11.0 Å². The van der Waals surface area contributed by atoms with Gasteiger partial charge in [0.05, 0.1) is 11.2 Å². The van der Waals surface area contributed by atoms with Gasteiger partial charge in [0.25, 0.3) is 0 Å². The van der Waals surface area contributed by atoms with Crippen molar-refractivity contribution in [3.8, 4) is 0 Å². The fourth-order valence-corrected chi connectivity index (χ4v) is 4.88. The van der Waals surface area contributed by atoms with Gasteiger partial charge in [0, 0.05) is 16.8 Å². The molecule has 0 saturated heterocycles. The molecule has 1 aromatic heterocycles. The van der Waals surface area contributed by atoms with Crippen LogP contribution in [0.15, 0.2) is 5.38 Å². The van der Waals surface area contributed by atoms with E-state index in [2.05, 4.69) is 45.3 Å². The highest BCUT2D eigenvalue weighted by molar-refractivity contribution is 7.09. The number of aromatic nitrogens is 1. The molecule has 1 aromatic rings.